The van der Waals surface area contributed by atoms with Gasteiger partial charge in [0.2, 0.25) is 0 Å². The normalized spacial score (nSPS) is 14.5. The van der Waals surface area contributed by atoms with Crippen LogP contribution in [0.3, 0.4) is 0 Å². The Morgan fingerprint density at radius 3 is 3.06 bits per heavy atom. The molecule has 0 aliphatic carbocycles. The van der Waals surface area contributed by atoms with Crippen LogP contribution in [0.1, 0.15) is 10.5 Å². The van der Waals surface area contributed by atoms with Crippen LogP contribution in [-0.4, -0.2) is 36.3 Å². The Kier molecular flexibility index (Phi) is 2.01. The summed E-state index contributed by atoms with van der Waals surface area (Å²) < 4.78 is 5.57. The summed E-state index contributed by atoms with van der Waals surface area (Å²) in [6.45, 7) is 1.50. The van der Waals surface area contributed by atoms with Gasteiger partial charge in [0.15, 0.2) is 0 Å². The first kappa shape index (κ1) is 10.0. The van der Waals surface area contributed by atoms with Gasteiger partial charge in [0.05, 0.1) is 12.2 Å². The molecule has 3 rings (SSSR count). The zero-order valence-electron chi connectivity index (χ0n) is 9.36. The number of fused-ring (bicyclic) bond motifs is 2. The zero-order chi connectivity index (χ0) is 12.0. The summed E-state index contributed by atoms with van der Waals surface area (Å²) in [6.07, 6.45) is 0. The molecule has 0 bridgehead atoms. The number of H-pyrrole nitrogens is 1. The number of aromatic nitrogens is 1. The topological polar surface area (TPSA) is 65.6 Å². The summed E-state index contributed by atoms with van der Waals surface area (Å²) in [6, 6.07) is 5.43. The molecule has 1 aliphatic rings. The van der Waals surface area contributed by atoms with E-state index in [1.165, 1.54) is 0 Å². The average Bonchev–Trinajstić information content (AvgIpc) is 2.70. The van der Waals surface area contributed by atoms with E-state index in [4.69, 9.17) is 9.84 Å². The van der Waals surface area contributed by atoms with Gasteiger partial charge in [-0.15, -0.1) is 0 Å². The molecule has 0 saturated heterocycles. The molecule has 0 spiro atoms. The minimum Gasteiger partial charge on any atom is -0.490 e. The van der Waals surface area contributed by atoms with E-state index >= 15 is 0 Å². The quantitative estimate of drug-likeness (QED) is 0.785. The Hall–Kier alpha value is -2.17. The molecule has 2 N–H and O–H groups in total. The van der Waals surface area contributed by atoms with Gasteiger partial charge in [-0.1, -0.05) is 0 Å². The van der Waals surface area contributed by atoms with E-state index < -0.39 is 5.97 Å². The van der Waals surface area contributed by atoms with Crippen LogP contribution < -0.4 is 9.64 Å². The maximum Gasteiger partial charge on any atom is 0.352 e. The van der Waals surface area contributed by atoms with E-state index in [0.29, 0.717) is 6.61 Å². The lowest BCUT2D eigenvalue weighted by Crippen LogP contribution is -2.28. The van der Waals surface area contributed by atoms with E-state index in [0.717, 1.165) is 28.9 Å². The molecule has 0 atom stereocenters. The van der Waals surface area contributed by atoms with Crippen molar-refractivity contribution in [2.45, 2.75) is 0 Å². The number of carboxylic acids is 1. The molecule has 1 aliphatic heterocycles. The Morgan fingerprint density at radius 2 is 2.29 bits per heavy atom. The molecule has 5 nitrogen and oxygen atoms in total. The number of carboxylic acid groups (broad SMARTS) is 1. The number of hydrogen-bond acceptors (Lipinski definition) is 3. The molecule has 17 heavy (non-hydrogen) atoms. The molecule has 88 valence electrons. The summed E-state index contributed by atoms with van der Waals surface area (Å²) in [7, 11) is 1.99. The molecular weight excluding hydrogens is 220 g/mol. The number of carbonyl (C=O) groups is 1. The van der Waals surface area contributed by atoms with Gasteiger partial charge in [0.1, 0.15) is 18.1 Å². The summed E-state index contributed by atoms with van der Waals surface area (Å²) in [5.74, 6) is -0.143. The zero-order valence-corrected chi connectivity index (χ0v) is 9.36. The van der Waals surface area contributed by atoms with Crippen molar-refractivity contribution in [2.24, 2.45) is 0 Å². The van der Waals surface area contributed by atoms with Crippen molar-refractivity contribution in [1.29, 1.82) is 0 Å². The van der Waals surface area contributed by atoms with Crippen LogP contribution in [0.5, 0.6) is 5.75 Å². The smallest absolute Gasteiger partial charge is 0.352 e. The number of hydrogen-bond donors (Lipinski definition) is 2. The standard InChI is InChI=1S/C12H12N2O3/c1-14-2-3-17-11-5-7-4-9(12(15)16)13-8(7)6-10(11)14/h4-6,13H,2-3H2,1H3,(H,15,16). The molecular formula is C12H12N2O3. The number of likely N-dealkylation sites (N-methyl/N-ethyl adjacent to an activating group) is 1. The Labute approximate surface area is 97.6 Å². The van der Waals surface area contributed by atoms with Crippen LogP contribution in [0.15, 0.2) is 18.2 Å². The molecule has 0 radical (unpaired) electrons. The minimum absolute atomic E-state index is 0.199. The summed E-state index contributed by atoms with van der Waals surface area (Å²) in [4.78, 5) is 15.9. The van der Waals surface area contributed by atoms with Gasteiger partial charge in [-0.3, -0.25) is 0 Å². The number of nitrogens with zero attached hydrogens (tertiary/aromatic N) is 1. The molecule has 2 aromatic rings. The Morgan fingerprint density at radius 1 is 1.47 bits per heavy atom. The van der Waals surface area contributed by atoms with Crippen LogP contribution in [0.25, 0.3) is 10.9 Å². The highest BCUT2D eigenvalue weighted by Gasteiger charge is 2.17. The lowest BCUT2D eigenvalue weighted by molar-refractivity contribution is 0.0691. The third-order valence-electron chi connectivity index (χ3n) is 3.03. The lowest BCUT2D eigenvalue weighted by Gasteiger charge is -2.27. The lowest BCUT2D eigenvalue weighted by atomic mass is 10.2. The van der Waals surface area contributed by atoms with Gasteiger partial charge in [-0.05, 0) is 18.2 Å². The van der Waals surface area contributed by atoms with Crippen molar-refractivity contribution >= 4 is 22.6 Å². The highest BCUT2D eigenvalue weighted by atomic mass is 16.5. The fourth-order valence-electron chi connectivity index (χ4n) is 2.09. The van der Waals surface area contributed by atoms with Crippen molar-refractivity contribution in [2.75, 3.05) is 25.1 Å². The van der Waals surface area contributed by atoms with E-state index in [1.807, 2.05) is 19.2 Å². The third-order valence-corrected chi connectivity index (χ3v) is 3.03. The summed E-state index contributed by atoms with van der Waals surface area (Å²) in [5.41, 5.74) is 2.01. The Balaban J connectivity index is 2.21. The van der Waals surface area contributed by atoms with Crippen molar-refractivity contribution in [1.82, 2.24) is 4.98 Å². The largest absolute Gasteiger partial charge is 0.490 e. The number of aromatic carboxylic acids is 1. The van der Waals surface area contributed by atoms with Gasteiger partial charge in [0.25, 0.3) is 0 Å². The number of benzene rings is 1. The predicted molar refractivity (Wildman–Crippen MR) is 64.0 cm³/mol. The molecule has 5 heteroatoms. The predicted octanol–water partition coefficient (Wildman–Crippen LogP) is 1.69. The number of nitrogens with one attached hydrogen (secondary N) is 1. The molecule has 1 aromatic carbocycles. The number of aromatic amines is 1. The van der Waals surface area contributed by atoms with E-state index in [2.05, 4.69) is 9.88 Å². The van der Waals surface area contributed by atoms with Gasteiger partial charge < -0.3 is 19.7 Å². The average molecular weight is 232 g/mol. The molecule has 0 fully saturated rings. The van der Waals surface area contributed by atoms with Gasteiger partial charge in [-0.25, -0.2) is 4.79 Å². The van der Waals surface area contributed by atoms with Crippen molar-refractivity contribution < 1.29 is 14.6 Å². The molecule has 1 aromatic heterocycles. The van der Waals surface area contributed by atoms with Gasteiger partial charge in [0, 0.05) is 18.0 Å². The first-order valence-corrected chi connectivity index (χ1v) is 5.39. The Bertz CT molecular complexity index is 603. The van der Waals surface area contributed by atoms with Crippen LogP contribution in [-0.2, 0) is 0 Å². The number of anilines is 1. The molecule has 0 amide bonds. The van der Waals surface area contributed by atoms with E-state index in [1.54, 1.807) is 6.07 Å². The maximum atomic E-state index is 10.9. The van der Waals surface area contributed by atoms with Crippen LogP contribution in [0, 0.1) is 0 Å². The fourth-order valence-corrected chi connectivity index (χ4v) is 2.09. The fraction of sp³-hybridized carbons (Fsp3) is 0.250. The van der Waals surface area contributed by atoms with Crippen LogP contribution >= 0.6 is 0 Å². The van der Waals surface area contributed by atoms with E-state index in [-0.39, 0.29) is 5.69 Å². The second kappa shape index (κ2) is 3.41. The van der Waals surface area contributed by atoms with Crippen LogP contribution in [0.4, 0.5) is 5.69 Å². The first-order valence-electron chi connectivity index (χ1n) is 5.39. The van der Waals surface area contributed by atoms with Crippen molar-refractivity contribution in [3.63, 3.8) is 0 Å². The van der Waals surface area contributed by atoms with Crippen LogP contribution in [0.2, 0.25) is 0 Å². The van der Waals surface area contributed by atoms with E-state index in [9.17, 15) is 4.79 Å². The summed E-state index contributed by atoms with van der Waals surface area (Å²) >= 11 is 0. The van der Waals surface area contributed by atoms with Crippen molar-refractivity contribution in [3.8, 4) is 5.75 Å². The minimum atomic E-state index is -0.951. The molecule has 0 unspecified atom stereocenters. The summed E-state index contributed by atoms with van der Waals surface area (Å²) in [5, 5.41) is 9.79. The highest BCUT2D eigenvalue weighted by Crippen LogP contribution is 2.34. The second-order valence-corrected chi connectivity index (χ2v) is 4.17. The van der Waals surface area contributed by atoms with Crippen molar-refractivity contribution in [3.05, 3.63) is 23.9 Å². The second-order valence-electron chi connectivity index (χ2n) is 4.17. The molecule has 0 saturated carbocycles. The first-order chi connectivity index (χ1) is 8.15. The molecule has 2 heterocycles. The van der Waals surface area contributed by atoms with Gasteiger partial charge >= 0.3 is 5.97 Å². The van der Waals surface area contributed by atoms with Gasteiger partial charge in [-0.2, -0.15) is 0 Å². The number of ether oxygens (including phenoxy) is 1. The monoisotopic (exact) mass is 232 g/mol. The third kappa shape index (κ3) is 1.51. The SMILES string of the molecule is CN1CCOc2cc3cc(C(=O)O)[nH]c3cc21. The highest BCUT2D eigenvalue weighted by molar-refractivity contribution is 5.96. The maximum absolute atomic E-state index is 10.9. The number of rotatable bonds is 1.